The summed E-state index contributed by atoms with van der Waals surface area (Å²) in [7, 11) is 1.66. The first-order valence-electron chi connectivity index (χ1n) is 13.3. The van der Waals surface area contributed by atoms with Gasteiger partial charge in [0.25, 0.3) is 5.91 Å². The van der Waals surface area contributed by atoms with Gasteiger partial charge in [0.1, 0.15) is 0 Å². The number of benzene rings is 1. The second-order valence-electron chi connectivity index (χ2n) is 10.2. The number of amides is 2. The number of aliphatic hydroxyl groups excluding tert-OH is 1. The van der Waals surface area contributed by atoms with E-state index in [1.54, 1.807) is 7.11 Å². The van der Waals surface area contributed by atoms with Gasteiger partial charge < -0.3 is 30.8 Å². The second kappa shape index (κ2) is 16.7. The lowest BCUT2D eigenvalue weighted by Gasteiger charge is -2.28. The van der Waals surface area contributed by atoms with E-state index in [4.69, 9.17) is 10.5 Å². The number of nitrogens with zero attached hydrogens (tertiary/aromatic N) is 1. The van der Waals surface area contributed by atoms with Crippen molar-refractivity contribution < 1.29 is 19.4 Å². The summed E-state index contributed by atoms with van der Waals surface area (Å²) >= 11 is 0. The molecule has 0 fully saturated rings. The first kappa shape index (κ1) is 32.9. The van der Waals surface area contributed by atoms with Crippen LogP contribution in [0.2, 0.25) is 0 Å². The molecular weight excluding hydrogens is 492 g/mol. The van der Waals surface area contributed by atoms with Crippen LogP contribution in [0.5, 0.6) is 0 Å². The Morgan fingerprint density at radius 3 is 2.49 bits per heavy atom. The molecule has 1 aromatic carbocycles. The largest absolute Gasteiger partial charge is 0.391 e. The van der Waals surface area contributed by atoms with E-state index in [0.29, 0.717) is 44.6 Å². The molecule has 1 heterocycles. The van der Waals surface area contributed by atoms with Gasteiger partial charge in [0.15, 0.2) is 0 Å². The fourth-order valence-corrected chi connectivity index (χ4v) is 4.43. The summed E-state index contributed by atoms with van der Waals surface area (Å²) in [6.07, 6.45) is 3.93. The molecule has 0 aliphatic rings. The summed E-state index contributed by atoms with van der Waals surface area (Å²) in [5, 5.41) is 17.6. The number of hydrogen-bond donors (Lipinski definition) is 4. The zero-order chi connectivity index (χ0) is 26.7. The average molecular weight is 539 g/mol. The van der Waals surface area contributed by atoms with Gasteiger partial charge in [-0.15, -0.1) is 12.4 Å². The summed E-state index contributed by atoms with van der Waals surface area (Å²) in [5.41, 5.74) is 7.99. The van der Waals surface area contributed by atoms with Gasteiger partial charge in [-0.3, -0.25) is 9.59 Å². The van der Waals surface area contributed by atoms with Crippen molar-refractivity contribution in [1.82, 2.24) is 15.2 Å². The van der Waals surface area contributed by atoms with Crippen molar-refractivity contribution in [1.29, 1.82) is 0 Å². The number of aliphatic hydroxyl groups is 1. The maximum absolute atomic E-state index is 13.1. The van der Waals surface area contributed by atoms with Gasteiger partial charge in [-0.25, -0.2) is 0 Å². The lowest BCUT2D eigenvalue weighted by molar-refractivity contribution is -0.125. The zero-order valence-corrected chi connectivity index (χ0v) is 23.9. The number of aromatic nitrogens is 1. The van der Waals surface area contributed by atoms with Gasteiger partial charge in [-0.05, 0) is 37.2 Å². The Labute approximate surface area is 228 Å². The predicted octanol–water partition coefficient (Wildman–Crippen LogP) is 3.73. The minimum atomic E-state index is -0.785. The lowest BCUT2D eigenvalue weighted by Crippen LogP contribution is -2.42. The van der Waals surface area contributed by atoms with Crippen LogP contribution in [0.15, 0.2) is 30.5 Å². The van der Waals surface area contributed by atoms with Crippen LogP contribution in [0, 0.1) is 17.8 Å². The standard InChI is InChI=1S/C28H46N4O4.ClH/c1-6-7-12-30-27(34)20(4)15-26(33)24(29)16-21(19(2)3)17-31-28(35)23-18-32(13-14-36-5)25-11-9-8-10-22(23)25;/h8-11,18-21,24,26,33H,6-7,12-17,29H2,1-5H3,(H,30,34)(H,31,35);1H/t20-,21+,24+,26+;/m1./s1. The van der Waals surface area contributed by atoms with E-state index in [2.05, 4.69) is 31.4 Å². The Balaban J connectivity index is 0.00000684. The SMILES string of the molecule is CCCCNC(=O)[C@H](C)C[C@H](O)[C@@H](N)C[C@@H](CNC(=O)c1cn(CCOC)c2ccccc12)C(C)C.Cl. The molecule has 5 N–H and O–H groups in total. The van der Waals surface area contributed by atoms with Crippen LogP contribution in [-0.2, 0) is 16.1 Å². The van der Waals surface area contributed by atoms with Crippen LogP contribution in [0.1, 0.15) is 63.7 Å². The number of nitrogens with two attached hydrogens (primary N) is 1. The number of halogens is 1. The third kappa shape index (κ3) is 9.93. The van der Waals surface area contributed by atoms with E-state index in [9.17, 15) is 14.7 Å². The van der Waals surface area contributed by atoms with Gasteiger partial charge in [0, 0.05) is 55.8 Å². The highest BCUT2D eigenvalue weighted by Gasteiger charge is 2.26. The van der Waals surface area contributed by atoms with Gasteiger partial charge in [-0.2, -0.15) is 0 Å². The van der Waals surface area contributed by atoms with E-state index in [0.717, 1.165) is 23.7 Å². The van der Waals surface area contributed by atoms with Crippen LogP contribution in [0.25, 0.3) is 10.9 Å². The molecule has 210 valence electrons. The van der Waals surface area contributed by atoms with E-state index in [1.165, 1.54) is 0 Å². The highest BCUT2D eigenvalue weighted by molar-refractivity contribution is 6.07. The van der Waals surface area contributed by atoms with Crippen molar-refractivity contribution in [3.05, 3.63) is 36.0 Å². The third-order valence-corrected chi connectivity index (χ3v) is 6.98. The molecule has 37 heavy (non-hydrogen) atoms. The van der Waals surface area contributed by atoms with Gasteiger partial charge in [0.05, 0.1) is 18.3 Å². The molecule has 0 radical (unpaired) electrons. The van der Waals surface area contributed by atoms with Crippen molar-refractivity contribution in [3.63, 3.8) is 0 Å². The minimum absolute atomic E-state index is 0. The maximum atomic E-state index is 13.1. The summed E-state index contributed by atoms with van der Waals surface area (Å²) in [6, 6.07) is 7.38. The van der Waals surface area contributed by atoms with Crippen molar-refractivity contribution in [2.75, 3.05) is 26.8 Å². The second-order valence-corrected chi connectivity index (χ2v) is 10.2. The van der Waals surface area contributed by atoms with Crippen molar-refractivity contribution in [3.8, 4) is 0 Å². The Bertz CT molecular complexity index is 965. The number of methoxy groups -OCH3 is 1. The molecule has 0 saturated heterocycles. The van der Waals surface area contributed by atoms with Crippen LogP contribution >= 0.6 is 12.4 Å². The molecule has 0 aliphatic heterocycles. The number of para-hydroxylation sites is 1. The normalized spacial score (nSPS) is 14.6. The monoisotopic (exact) mass is 538 g/mol. The molecule has 8 nitrogen and oxygen atoms in total. The van der Waals surface area contributed by atoms with Crippen molar-refractivity contribution in [2.24, 2.45) is 23.5 Å². The summed E-state index contributed by atoms with van der Waals surface area (Å²) < 4.78 is 7.25. The molecule has 2 rings (SSSR count). The van der Waals surface area contributed by atoms with Crippen LogP contribution in [-0.4, -0.2) is 60.4 Å². The highest BCUT2D eigenvalue weighted by atomic mass is 35.5. The molecule has 4 atom stereocenters. The van der Waals surface area contributed by atoms with Gasteiger partial charge >= 0.3 is 0 Å². The van der Waals surface area contributed by atoms with E-state index in [1.807, 2.05) is 42.0 Å². The Morgan fingerprint density at radius 2 is 1.84 bits per heavy atom. The first-order valence-corrected chi connectivity index (χ1v) is 13.3. The number of carbonyl (C=O) groups is 2. The Hall–Kier alpha value is -2.13. The van der Waals surface area contributed by atoms with Crippen molar-refractivity contribution >= 4 is 35.1 Å². The number of unbranched alkanes of at least 4 members (excludes halogenated alkanes) is 1. The molecule has 0 spiro atoms. The van der Waals surface area contributed by atoms with Crippen LogP contribution in [0.3, 0.4) is 0 Å². The minimum Gasteiger partial charge on any atom is -0.391 e. The summed E-state index contributed by atoms with van der Waals surface area (Å²) in [4.78, 5) is 25.4. The number of fused-ring (bicyclic) bond motifs is 1. The van der Waals surface area contributed by atoms with E-state index >= 15 is 0 Å². The molecular formula is C28H47ClN4O4. The van der Waals surface area contributed by atoms with Gasteiger partial charge in [0.2, 0.25) is 5.91 Å². The molecule has 0 aliphatic carbocycles. The zero-order valence-electron chi connectivity index (χ0n) is 23.0. The number of ether oxygens (including phenoxy) is 1. The predicted molar refractivity (Wildman–Crippen MR) is 152 cm³/mol. The van der Waals surface area contributed by atoms with E-state index < -0.39 is 12.1 Å². The third-order valence-electron chi connectivity index (χ3n) is 6.98. The Kier molecular flexibility index (Phi) is 14.8. The van der Waals surface area contributed by atoms with Gasteiger partial charge in [-0.1, -0.05) is 52.3 Å². The number of nitrogens with one attached hydrogen (secondary N) is 2. The topological polar surface area (TPSA) is 119 Å². The smallest absolute Gasteiger partial charge is 0.253 e. The van der Waals surface area contributed by atoms with Crippen molar-refractivity contribution in [2.45, 2.75) is 72.1 Å². The molecule has 0 saturated carbocycles. The quantitative estimate of drug-likeness (QED) is 0.243. The fourth-order valence-electron chi connectivity index (χ4n) is 4.43. The van der Waals surface area contributed by atoms with Crippen LogP contribution in [0.4, 0.5) is 0 Å². The number of carbonyl (C=O) groups excluding carboxylic acids is 2. The molecule has 2 amide bonds. The van der Waals surface area contributed by atoms with E-state index in [-0.39, 0.29) is 42.0 Å². The maximum Gasteiger partial charge on any atom is 0.253 e. The molecule has 0 bridgehead atoms. The molecule has 9 heteroatoms. The number of rotatable bonds is 16. The number of hydrogen-bond acceptors (Lipinski definition) is 5. The summed E-state index contributed by atoms with van der Waals surface area (Å²) in [6.45, 7) is 10.4. The summed E-state index contributed by atoms with van der Waals surface area (Å²) in [5.74, 6) is -0.127. The molecule has 2 aromatic rings. The fraction of sp³-hybridized carbons (Fsp3) is 0.643. The molecule has 1 aromatic heterocycles. The van der Waals surface area contributed by atoms with Crippen LogP contribution < -0.4 is 16.4 Å². The highest BCUT2D eigenvalue weighted by Crippen LogP contribution is 2.23. The average Bonchev–Trinajstić information content (AvgIpc) is 3.23. The Morgan fingerprint density at radius 1 is 1.14 bits per heavy atom. The molecule has 0 unspecified atom stereocenters. The first-order chi connectivity index (χ1) is 17.2. The lowest BCUT2D eigenvalue weighted by atomic mass is 9.86.